The summed E-state index contributed by atoms with van der Waals surface area (Å²) < 4.78 is 2.33. The number of nitrogens with zero attached hydrogens (tertiary/aromatic N) is 6. The maximum atomic E-state index is 9.91. The molecule has 0 N–H and O–H groups in total. The SMILES string of the molecule is N#Cc1cccc(-c2cc(-c3nc(-c4ccccc4)nc(-c4ccccc4)n3)cc(-n3c4ccccc4c4ccc(N(c5ccccc5)c5ccccc5)cc43)c2)c1. The highest BCUT2D eigenvalue weighted by molar-refractivity contribution is 6.10. The van der Waals surface area contributed by atoms with E-state index in [1.165, 1.54) is 0 Å². The number of fused-ring (bicyclic) bond motifs is 3. The van der Waals surface area contributed by atoms with Gasteiger partial charge in [-0.3, -0.25) is 0 Å². The Morgan fingerprint density at radius 3 is 1.52 bits per heavy atom. The molecule has 0 aliphatic rings. The number of para-hydroxylation sites is 3. The predicted octanol–water partition coefficient (Wildman–Crippen LogP) is 13.0. The van der Waals surface area contributed by atoms with Crippen LogP contribution < -0.4 is 4.90 Å². The van der Waals surface area contributed by atoms with E-state index in [2.05, 4.69) is 125 Å². The van der Waals surface area contributed by atoms with Crippen molar-refractivity contribution in [3.05, 3.63) is 212 Å². The molecule has 0 saturated carbocycles. The van der Waals surface area contributed by atoms with E-state index < -0.39 is 0 Å². The molecule has 2 heterocycles. The summed E-state index contributed by atoms with van der Waals surface area (Å²) in [5.74, 6) is 1.73. The molecule has 6 heteroatoms. The third-order valence-electron chi connectivity index (χ3n) is 10.4. The van der Waals surface area contributed by atoms with Crippen molar-refractivity contribution >= 4 is 38.9 Å². The zero-order valence-electron chi connectivity index (χ0n) is 31.3. The molecule has 0 bridgehead atoms. The largest absolute Gasteiger partial charge is 0.310 e. The number of benzene rings is 8. The molecule has 0 spiro atoms. The minimum Gasteiger partial charge on any atom is -0.310 e. The topological polar surface area (TPSA) is 70.6 Å². The van der Waals surface area contributed by atoms with Crippen LogP contribution in [0.15, 0.2) is 206 Å². The lowest BCUT2D eigenvalue weighted by atomic mass is 9.99. The molecule has 0 unspecified atom stereocenters. The van der Waals surface area contributed by atoms with Crippen molar-refractivity contribution in [3.8, 4) is 57.0 Å². The Morgan fingerprint density at radius 1 is 0.379 bits per heavy atom. The number of hydrogen-bond acceptors (Lipinski definition) is 5. The number of anilines is 3. The maximum Gasteiger partial charge on any atom is 0.164 e. The lowest BCUT2D eigenvalue weighted by Gasteiger charge is -2.25. The molecule has 0 saturated heterocycles. The monoisotopic (exact) mass is 742 g/mol. The van der Waals surface area contributed by atoms with Gasteiger partial charge < -0.3 is 9.47 Å². The summed E-state index contributed by atoms with van der Waals surface area (Å²) in [6.45, 7) is 0. The molecule has 8 aromatic carbocycles. The van der Waals surface area contributed by atoms with Crippen LogP contribution in [0.2, 0.25) is 0 Å². The van der Waals surface area contributed by atoms with Crippen LogP contribution in [-0.2, 0) is 0 Å². The second-order valence-electron chi connectivity index (χ2n) is 14.1. The molecular formula is C52H34N6. The average Bonchev–Trinajstić information content (AvgIpc) is 3.64. The fraction of sp³-hybridized carbons (Fsp3) is 0. The summed E-state index contributed by atoms with van der Waals surface area (Å²) in [6.07, 6.45) is 0. The first-order valence-corrected chi connectivity index (χ1v) is 19.2. The maximum absolute atomic E-state index is 9.91. The van der Waals surface area contributed by atoms with Gasteiger partial charge in [0.25, 0.3) is 0 Å². The molecule has 58 heavy (non-hydrogen) atoms. The Balaban J connectivity index is 1.24. The lowest BCUT2D eigenvalue weighted by Crippen LogP contribution is -2.09. The Kier molecular flexibility index (Phi) is 8.79. The summed E-state index contributed by atoms with van der Waals surface area (Å²) in [5.41, 5.74) is 11.3. The molecule has 0 amide bonds. The standard InChI is InChI=1S/C52H34N6/c53-35-36-16-15-21-39(30-36)40-31-41(52-55-50(37-17-5-1-6-18-37)54-51(56-52)38-19-7-2-8-20-38)33-45(32-40)58-48-27-14-13-26-46(48)47-29-28-44(34-49(47)58)57(42-22-9-3-10-23-42)43-24-11-4-12-25-43/h1-34H. The molecular weight excluding hydrogens is 709 g/mol. The smallest absolute Gasteiger partial charge is 0.164 e. The Morgan fingerprint density at radius 2 is 0.897 bits per heavy atom. The van der Waals surface area contributed by atoms with Gasteiger partial charge in [-0.2, -0.15) is 5.26 Å². The van der Waals surface area contributed by atoms with Gasteiger partial charge in [0.05, 0.1) is 22.7 Å². The fourth-order valence-electron chi connectivity index (χ4n) is 7.72. The summed E-state index contributed by atoms with van der Waals surface area (Å²) >= 11 is 0. The van der Waals surface area contributed by atoms with Gasteiger partial charge in [0.15, 0.2) is 17.5 Å². The number of hydrogen-bond donors (Lipinski definition) is 0. The van der Waals surface area contributed by atoms with Gasteiger partial charge in [-0.15, -0.1) is 0 Å². The van der Waals surface area contributed by atoms with Gasteiger partial charge in [-0.25, -0.2) is 15.0 Å². The molecule has 6 nitrogen and oxygen atoms in total. The molecule has 2 aromatic heterocycles. The molecule has 272 valence electrons. The van der Waals surface area contributed by atoms with E-state index in [1.54, 1.807) is 0 Å². The van der Waals surface area contributed by atoms with Crippen LogP contribution in [0.25, 0.3) is 72.8 Å². The van der Waals surface area contributed by atoms with Crippen LogP contribution in [0.3, 0.4) is 0 Å². The normalized spacial score (nSPS) is 11.1. The quantitative estimate of drug-likeness (QED) is 0.155. The van der Waals surface area contributed by atoms with E-state index in [4.69, 9.17) is 15.0 Å². The van der Waals surface area contributed by atoms with Crippen molar-refractivity contribution in [2.75, 3.05) is 4.90 Å². The van der Waals surface area contributed by atoms with Crippen LogP contribution in [-0.4, -0.2) is 19.5 Å². The minimum atomic E-state index is 0.549. The summed E-state index contributed by atoms with van der Waals surface area (Å²) in [5, 5.41) is 12.2. The van der Waals surface area contributed by atoms with Crippen molar-refractivity contribution in [1.82, 2.24) is 19.5 Å². The first kappa shape index (κ1) is 34.4. The second-order valence-corrected chi connectivity index (χ2v) is 14.1. The second kappa shape index (κ2) is 14.8. The van der Waals surface area contributed by atoms with Crippen LogP contribution in [0.5, 0.6) is 0 Å². The summed E-state index contributed by atoms with van der Waals surface area (Å²) in [7, 11) is 0. The molecule has 0 radical (unpaired) electrons. The van der Waals surface area contributed by atoms with Crippen LogP contribution >= 0.6 is 0 Å². The predicted molar refractivity (Wildman–Crippen MR) is 235 cm³/mol. The van der Waals surface area contributed by atoms with Crippen molar-refractivity contribution < 1.29 is 0 Å². The number of rotatable bonds is 8. The van der Waals surface area contributed by atoms with E-state index in [1.807, 2.05) is 97.1 Å². The van der Waals surface area contributed by atoms with Crippen LogP contribution in [0.1, 0.15) is 5.56 Å². The van der Waals surface area contributed by atoms with Gasteiger partial charge in [-0.05, 0) is 83.9 Å². The Bertz CT molecular complexity index is 3020. The molecule has 10 aromatic rings. The molecule has 0 aliphatic carbocycles. The van der Waals surface area contributed by atoms with Crippen molar-refractivity contribution in [2.24, 2.45) is 0 Å². The molecule has 0 aliphatic heterocycles. The highest BCUT2D eigenvalue weighted by atomic mass is 15.1. The fourth-order valence-corrected chi connectivity index (χ4v) is 7.72. The van der Waals surface area contributed by atoms with Crippen molar-refractivity contribution in [1.29, 1.82) is 5.26 Å². The molecule has 10 rings (SSSR count). The number of nitriles is 1. The van der Waals surface area contributed by atoms with E-state index in [-0.39, 0.29) is 0 Å². The average molecular weight is 743 g/mol. The first-order valence-electron chi connectivity index (χ1n) is 19.2. The summed E-state index contributed by atoms with van der Waals surface area (Å²) in [4.78, 5) is 17.5. The van der Waals surface area contributed by atoms with E-state index >= 15 is 0 Å². The van der Waals surface area contributed by atoms with Crippen LogP contribution in [0.4, 0.5) is 17.1 Å². The van der Waals surface area contributed by atoms with E-state index in [9.17, 15) is 5.26 Å². The number of aromatic nitrogens is 4. The first-order chi connectivity index (χ1) is 28.7. The van der Waals surface area contributed by atoms with Gasteiger partial charge in [0.2, 0.25) is 0 Å². The van der Waals surface area contributed by atoms with Gasteiger partial charge in [-0.1, -0.05) is 133 Å². The third-order valence-corrected chi connectivity index (χ3v) is 10.4. The third kappa shape index (κ3) is 6.43. The van der Waals surface area contributed by atoms with Gasteiger partial charge in [0, 0.05) is 50.2 Å². The Labute approximate surface area is 336 Å². The van der Waals surface area contributed by atoms with Crippen LogP contribution in [0, 0.1) is 11.3 Å². The zero-order valence-corrected chi connectivity index (χ0v) is 31.3. The van der Waals surface area contributed by atoms with E-state index in [0.29, 0.717) is 23.0 Å². The van der Waals surface area contributed by atoms with Gasteiger partial charge >= 0.3 is 0 Å². The Hall–Kier alpha value is -8.14. The highest BCUT2D eigenvalue weighted by Crippen LogP contribution is 2.41. The minimum absolute atomic E-state index is 0.549. The lowest BCUT2D eigenvalue weighted by molar-refractivity contribution is 1.07. The van der Waals surface area contributed by atoms with E-state index in [0.717, 1.165) is 72.4 Å². The van der Waals surface area contributed by atoms with Crippen molar-refractivity contribution in [3.63, 3.8) is 0 Å². The van der Waals surface area contributed by atoms with Gasteiger partial charge in [0.1, 0.15) is 0 Å². The molecule has 0 fully saturated rings. The molecule has 0 atom stereocenters. The highest BCUT2D eigenvalue weighted by Gasteiger charge is 2.20. The summed E-state index contributed by atoms with van der Waals surface area (Å²) in [6, 6.07) is 72.8. The van der Waals surface area contributed by atoms with Crippen molar-refractivity contribution in [2.45, 2.75) is 0 Å². The zero-order chi connectivity index (χ0) is 38.8.